The average Bonchev–Trinajstić information content (AvgIpc) is 2.96. The average molecular weight is 268 g/mol. The molecule has 0 aromatic heterocycles. The van der Waals surface area contributed by atoms with Crippen molar-refractivity contribution < 1.29 is 14.7 Å². The number of rotatable bonds is 6. The highest BCUT2D eigenvalue weighted by Crippen LogP contribution is 2.37. The summed E-state index contributed by atoms with van der Waals surface area (Å²) in [6.45, 7) is 3.01. The first-order valence-electron chi connectivity index (χ1n) is 7.30. The Labute approximate surface area is 114 Å². The molecule has 0 aliphatic heterocycles. The fourth-order valence-corrected chi connectivity index (χ4v) is 2.71. The molecule has 19 heavy (non-hydrogen) atoms. The number of aliphatic hydroxyl groups excluding tert-OH is 1. The highest BCUT2D eigenvalue weighted by atomic mass is 16.3. The molecule has 4 atom stereocenters. The minimum Gasteiger partial charge on any atom is -0.393 e. The number of carbonyl (C=O) groups is 2. The van der Waals surface area contributed by atoms with E-state index < -0.39 is 0 Å². The molecule has 2 aliphatic rings. The predicted octanol–water partition coefficient (Wildman–Crippen LogP) is 0.426. The first-order valence-corrected chi connectivity index (χ1v) is 7.30. The van der Waals surface area contributed by atoms with E-state index in [-0.39, 0.29) is 29.8 Å². The summed E-state index contributed by atoms with van der Waals surface area (Å²) in [5.41, 5.74) is 0. The first-order chi connectivity index (χ1) is 9.08. The summed E-state index contributed by atoms with van der Waals surface area (Å²) in [6.07, 6.45) is 3.88. The van der Waals surface area contributed by atoms with E-state index in [9.17, 15) is 14.7 Å². The van der Waals surface area contributed by atoms with Gasteiger partial charge < -0.3 is 15.7 Å². The quantitative estimate of drug-likeness (QED) is 0.653. The van der Waals surface area contributed by atoms with Gasteiger partial charge in [-0.15, -0.1) is 0 Å². The van der Waals surface area contributed by atoms with Gasteiger partial charge in [0, 0.05) is 31.3 Å². The molecule has 2 aliphatic carbocycles. The fourth-order valence-electron chi connectivity index (χ4n) is 2.71. The van der Waals surface area contributed by atoms with Crippen LogP contribution in [0.4, 0.5) is 0 Å². The Morgan fingerprint density at radius 2 is 2.00 bits per heavy atom. The molecule has 0 spiro atoms. The SMILES string of the molecule is CC1CC1C(=O)NCCC(=O)NCC1CCCC1O. The zero-order valence-corrected chi connectivity index (χ0v) is 11.5. The van der Waals surface area contributed by atoms with Crippen LogP contribution >= 0.6 is 0 Å². The monoisotopic (exact) mass is 268 g/mol. The maximum absolute atomic E-state index is 11.6. The van der Waals surface area contributed by atoms with Crippen LogP contribution < -0.4 is 10.6 Å². The number of aliphatic hydroxyl groups is 1. The van der Waals surface area contributed by atoms with E-state index in [0.717, 1.165) is 25.7 Å². The second-order valence-electron chi connectivity index (χ2n) is 5.92. The number of nitrogens with one attached hydrogen (secondary N) is 2. The smallest absolute Gasteiger partial charge is 0.223 e. The fraction of sp³-hybridized carbons (Fsp3) is 0.857. The van der Waals surface area contributed by atoms with E-state index in [1.807, 2.05) is 0 Å². The van der Waals surface area contributed by atoms with Crippen molar-refractivity contribution in [3.8, 4) is 0 Å². The molecule has 0 saturated heterocycles. The van der Waals surface area contributed by atoms with E-state index in [2.05, 4.69) is 17.6 Å². The van der Waals surface area contributed by atoms with Crippen molar-refractivity contribution in [2.75, 3.05) is 13.1 Å². The molecule has 5 heteroatoms. The van der Waals surface area contributed by atoms with Crippen LogP contribution in [0.2, 0.25) is 0 Å². The molecule has 5 nitrogen and oxygen atoms in total. The summed E-state index contributed by atoms with van der Waals surface area (Å²) in [5.74, 6) is 0.884. The van der Waals surface area contributed by atoms with E-state index >= 15 is 0 Å². The van der Waals surface area contributed by atoms with Crippen LogP contribution in [0, 0.1) is 17.8 Å². The highest BCUT2D eigenvalue weighted by Gasteiger charge is 2.38. The maximum Gasteiger partial charge on any atom is 0.223 e. The number of hydrogen-bond donors (Lipinski definition) is 3. The Morgan fingerprint density at radius 1 is 1.26 bits per heavy atom. The molecule has 2 rings (SSSR count). The Morgan fingerprint density at radius 3 is 2.58 bits per heavy atom. The minimum atomic E-state index is -0.267. The lowest BCUT2D eigenvalue weighted by molar-refractivity contribution is -0.123. The third-order valence-corrected chi connectivity index (χ3v) is 4.28. The molecule has 2 amide bonds. The van der Waals surface area contributed by atoms with Gasteiger partial charge >= 0.3 is 0 Å². The van der Waals surface area contributed by atoms with Gasteiger partial charge in [0.25, 0.3) is 0 Å². The summed E-state index contributed by atoms with van der Waals surface area (Å²) in [6, 6.07) is 0. The van der Waals surface area contributed by atoms with E-state index in [0.29, 0.717) is 25.4 Å². The maximum atomic E-state index is 11.6. The van der Waals surface area contributed by atoms with Crippen LogP contribution in [0.25, 0.3) is 0 Å². The lowest BCUT2D eigenvalue weighted by Gasteiger charge is -2.15. The van der Waals surface area contributed by atoms with Gasteiger partial charge in [0.05, 0.1) is 6.10 Å². The summed E-state index contributed by atoms with van der Waals surface area (Å²) in [4.78, 5) is 23.1. The normalized spacial score (nSPS) is 32.9. The van der Waals surface area contributed by atoms with Gasteiger partial charge in [0.1, 0.15) is 0 Å². The molecule has 3 N–H and O–H groups in total. The first kappa shape index (κ1) is 14.3. The zero-order chi connectivity index (χ0) is 13.8. The minimum absolute atomic E-state index is 0.0526. The Bertz CT molecular complexity index is 346. The van der Waals surface area contributed by atoms with Crippen LogP contribution in [0.3, 0.4) is 0 Å². The van der Waals surface area contributed by atoms with Crippen molar-refractivity contribution in [1.29, 1.82) is 0 Å². The van der Waals surface area contributed by atoms with Crippen LogP contribution in [-0.4, -0.2) is 36.1 Å². The third-order valence-electron chi connectivity index (χ3n) is 4.28. The summed E-state index contributed by atoms with van der Waals surface area (Å²) < 4.78 is 0. The molecule has 4 unspecified atom stereocenters. The topological polar surface area (TPSA) is 78.4 Å². The highest BCUT2D eigenvalue weighted by molar-refractivity contribution is 5.82. The Kier molecular flexibility index (Phi) is 4.80. The lowest BCUT2D eigenvalue weighted by atomic mass is 10.1. The van der Waals surface area contributed by atoms with E-state index in [1.54, 1.807) is 0 Å². The van der Waals surface area contributed by atoms with Gasteiger partial charge in [0.2, 0.25) is 11.8 Å². The van der Waals surface area contributed by atoms with Gasteiger partial charge in [-0.2, -0.15) is 0 Å². The van der Waals surface area contributed by atoms with Crippen LogP contribution in [0.5, 0.6) is 0 Å². The standard InChI is InChI=1S/C14H24N2O3/c1-9-7-11(9)14(19)15-6-5-13(18)16-8-10-3-2-4-12(10)17/h9-12,17H,2-8H2,1H3,(H,15,19)(H,16,18). The molecule has 2 saturated carbocycles. The van der Waals surface area contributed by atoms with Crippen molar-refractivity contribution in [2.45, 2.75) is 45.1 Å². The zero-order valence-electron chi connectivity index (χ0n) is 11.5. The molecular weight excluding hydrogens is 244 g/mol. The second-order valence-corrected chi connectivity index (χ2v) is 5.92. The molecule has 108 valence electrons. The third kappa shape index (κ3) is 4.20. The van der Waals surface area contributed by atoms with Crippen molar-refractivity contribution >= 4 is 11.8 Å². The van der Waals surface area contributed by atoms with Gasteiger partial charge in [-0.25, -0.2) is 0 Å². The number of amides is 2. The largest absolute Gasteiger partial charge is 0.393 e. The van der Waals surface area contributed by atoms with E-state index in [1.165, 1.54) is 0 Å². The van der Waals surface area contributed by atoms with Gasteiger partial charge in [-0.3, -0.25) is 9.59 Å². The molecule has 0 bridgehead atoms. The van der Waals surface area contributed by atoms with Gasteiger partial charge in [-0.1, -0.05) is 13.3 Å². The van der Waals surface area contributed by atoms with Crippen LogP contribution in [-0.2, 0) is 9.59 Å². The van der Waals surface area contributed by atoms with Crippen molar-refractivity contribution in [2.24, 2.45) is 17.8 Å². The molecule has 0 aromatic rings. The summed E-state index contributed by atoms with van der Waals surface area (Å²) in [5, 5.41) is 15.3. The van der Waals surface area contributed by atoms with Crippen LogP contribution in [0.15, 0.2) is 0 Å². The van der Waals surface area contributed by atoms with Crippen molar-refractivity contribution in [3.63, 3.8) is 0 Å². The van der Waals surface area contributed by atoms with E-state index in [4.69, 9.17) is 0 Å². The Balaban J connectivity index is 1.53. The molecule has 0 aromatic carbocycles. The predicted molar refractivity (Wildman–Crippen MR) is 71.3 cm³/mol. The molecule has 0 heterocycles. The second kappa shape index (κ2) is 6.37. The summed E-state index contributed by atoms with van der Waals surface area (Å²) in [7, 11) is 0. The van der Waals surface area contributed by atoms with Gasteiger partial charge in [0.15, 0.2) is 0 Å². The lowest BCUT2D eigenvalue weighted by Crippen LogP contribution is -2.35. The molecule has 2 fully saturated rings. The van der Waals surface area contributed by atoms with Crippen molar-refractivity contribution in [3.05, 3.63) is 0 Å². The summed E-state index contributed by atoms with van der Waals surface area (Å²) >= 11 is 0. The van der Waals surface area contributed by atoms with Crippen LogP contribution in [0.1, 0.15) is 39.0 Å². The van der Waals surface area contributed by atoms with Crippen molar-refractivity contribution in [1.82, 2.24) is 10.6 Å². The molecular formula is C14H24N2O3. The molecule has 0 radical (unpaired) electrons. The Hall–Kier alpha value is -1.10. The number of hydrogen-bond acceptors (Lipinski definition) is 3. The number of carbonyl (C=O) groups excluding carboxylic acids is 2. The van der Waals surface area contributed by atoms with Gasteiger partial charge in [-0.05, 0) is 25.2 Å².